The fraction of sp³-hybridized carbons (Fsp3) is 0.0588. The Kier molecular flexibility index (Phi) is 3.20. The number of carbonyl (C=O) groups excluding carboxylic acids is 2. The molecule has 5 nitrogen and oxygen atoms in total. The molecule has 0 saturated carbocycles. The van der Waals surface area contributed by atoms with Crippen LogP contribution in [0.5, 0.6) is 0 Å². The predicted octanol–water partition coefficient (Wildman–Crippen LogP) is 3.19. The van der Waals surface area contributed by atoms with E-state index in [4.69, 9.17) is 0 Å². The first kappa shape index (κ1) is 14.0. The lowest BCUT2D eigenvalue weighted by Crippen LogP contribution is -2.39. The fourth-order valence-electron chi connectivity index (χ4n) is 2.85. The summed E-state index contributed by atoms with van der Waals surface area (Å²) in [5, 5.41) is 1.57. The van der Waals surface area contributed by atoms with Gasteiger partial charge in [-0.05, 0) is 23.6 Å². The number of halogens is 1. The van der Waals surface area contributed by atoms with E-state index in [0.29, 0.717) is 22.1 Å². The third-order valence-electron chi connectivity index (χ3n) is 3.89. The van der Waals surface area contributed by atoms with Crippen LogP contribution < -0.4 is 0 Å². The summed E-state index contributed by atoms with van der Waals surface area (Å²) >= 11 is 3.47. The minimum Gasteiger partial charge on any atom is -0.270 e. The number of amides is 2. The number of nitrogens with zero attached hydrogens (tertiary/aromatic N) is 3. The largest absolute Gasteiger partial charge is 0.270 e. The Labute approximate surface area is 140 Å². The summed E-state index contributed by atoms with van der Waals surface area (Å²) in [6.07, 6.45) is 4.62. The Hall–Kier alpha value is -2.60. The molecule has 0 atom stereocenters. The average Bonchev–Trinajstić information content (AvgIpc) is 2.59. The van der Waals surface area contributed by atoms with Crippen molar-refractivity contribution in [2.45, 2.75) is 6.54 Å². The van der Waals surface area contributed by atoms with E-state index in [1.807, 2.05) is 18.2 Å². The summed E-state index contributed by atoms with van der Waals surface area (Å²) in [6.45, 7) is 0.157. The average molecular weight is 368 g/mol. The summed E-state index contributed by atoms with van der Waals surface area (Å²) in [7, 11) is 0. The molecule has 0 fully saturated rings. The van der Waals surface area contributed by atoms with Gasteiger partial charge in [-0.1, -0.05) is 28.1 Å². The number of hydrogen-bond donors (Lipinski definition) is 0. The van der Waals surface area contributed by atoms with Crippen LogP contribution in [0.25, 0.3) is 10.8 Å². The van der Waals surface area contributed by atoms with Gasteiger partial charge < -0.3 is 0 Å². The van der Waals surface area contributed by atoms with E-state index >= 15 is 0 Å². The van der Waals surface area contributed by atoms with Crippen molar-refractivity contribution in [1.82, 2.24) is 14.9 Å². The maximum Gasteiger partial charge on any atom is 0.261 e. The zero-order valence-electron chi connectivity index (χ0n) is 11.9. The Morgan fingerprint density at radius 1 is 0.957 bits per heavy atom. The number of benzene rings is 2. The topological polar surface area (TPSA) is 63.2 Å². The van der Waals surface area contributed by atoms with Gasteiger partial charge in [-0.3, -0.25) is 14.5 Å². The highest BCUT2D eigenvalue weighted by atomic mass is 79.9. The van der Waals surface area contributed by atoms with Gasteiger partial charge in [0.25, 0.3) is 11.8 Å². The number of aromatic nitrogens is 2. The maximum absolute atomic E-state index is 12.8. The molecule has 4 rings (SSSR count). The standard InChI is InChI=1S/C17H10BrN3O2/c18-14-5-4-13-15-11(14)2-1-3-12(15)16(22)21(17(13)23)8-10-6-19-9-20-7-10/h1-7,9H,8H2. The molecule has 0 aliphatic carbocycles. The highest BCUT2D eigenvalue weighted by Crippen LogP contribution is 2.34. The second kappa shape index (κ2) is 5.24. The van der Waals surface area contributed by atoms with Crippen molar-refractivity contribution in [2.24, 2.45) is 0 Å². The first-order valence-corrected chi connectivity index (χ1v) is 7.77. The molecule has 3 aromatic rings. The Morgan fingerprint density at radius 2 is 1.65 bits per heavy atom. The van der Waals surface area contributed by atoms with Gasteiger partial charge in [0.05, 0.1) is 6.54 Å². The number of hydrogen-bond acceptors (Lipinski definition) is 4. The van der Waals surface area contributed by atoms with Crippen molar-refractivity contribution in [3.63, 3.8) is 0 Å². The zero-order chi connectivity index (χ0) is 16.0. The van der Waals surface area contributed by atoms with Crippen molar-refractivity contribution in [1.29, 1.82) is 0 Å². The summed E-state index contributed by atoms with van der Waals surface area (Å²) in [4.78, 5) is 34.7. The minimum absolute atomic E-state index is 0.157. The van der Waals surface area contributed by atoms with E-state index in [-0.39, 0.29) is 18.4 Å². The predicted molar refractivity (Wildman–Crippen MR) is 87.9 cm³/mol. The lowest BCUT2D eigenvalue weighted by atomic mass is 9.94. The van der Waals surface area contributed by atoms with E-state index in [0.717, 1.165) is 9.86 Å². The van der Waals surface area contributed by atoms with E-state index in [1.165, 1.54) is 11.2 Å². The fourth-order valence-corrected chi connectivity index (χ4v) is 3.31. The molecule has 112 valence electrons. The van der Waals surface area contributed by atoms with Crippen LogP contribution in [0.3, 0.4) is 0 Å². The number of carbonyl (C=O) groups is 2. The third kappa shape index (κ3) is 2.14. The molecule has 0 saturated heterocycles. The van der Waals surface area contributed by atoms with Gasteiger partial charge in [-0.15, -0.1) is 0 Å². The highest BCUT2D eigenvalue weighted by molar-refractivity contribution is 9.10. The molecule has 0 radical (unpaired) electrons. The Bertz CT molecular complexity index is 934. The van der Waals surface area contributed by atoms with Crippen molar-refractivity contribution < 1.29 is 9.59 Å². The van der Waals surface area contributed by atoms with Gasteiger partial charge >= 0.3 is 0 Å². The summed E-state index contributed by atoms with van der Waals surface area (Å²) < 4.78 is 0.864. The molecule has 0 spiro atoms. The van der Waals surface area contributed by atoms with Crippen LogP contribution in [0.2, 0.25) is 0 Å². The van der Waals surface area contributed by atoms with Gasteiger partial charge in [-0.25, -0.2) is 9.97 Å². The molecular weight excluding hydrogens is 358 g/mol. The molecule has 2 amide bonds. The molecular formula is C17H10BrN3O2. The molecule has 0 unspecified atom stereocenters. The van der Waals surface area contributed by atoms with Crippen molar-refractivity contribution in [2.75, 3.05) is 0 Å². The van der Waals surface area contributed by atoms with Crippen molar-refractivity contribution >= 4 is 38.5 Å². The molecule has 1 aliphatic rings. The third-order valence-corrected chi connectivity index (χ3v) is 4.58. The van der Waals surface area contributed by atoms with Crippen LogP contribution in [0, 0.1) is 0 Å². The Morgan fingerprint density at radius 3 is 2.39 bits per heavy atom. The highest BCUT2D eigenvalue weighted by Gasteiger charge is 2.33. The molecule has 1 aliphatic heterocycles. The van der Waals surface area contributed by atoms with Crippen LogP contribution in [0.15, 0.2) is 53.5 Å². The SMILES string of the molecule is O=C1c2cccc3c(Br)ccc(c23)C(=O)N1Cc1cncnc1. The second-order valence-corrected chi connectivity index (χ2v) is 6.12. The first-order chi connectivity index (χ1) is 11.2. The monoisotopic (exact) mass is 367 g/mol. The van der Waals surface area contributed by atoms with Gasteiger partial charge in [-0.2, -0.15) is 0 Å². The quantitative estimate of drug-likeness (QED) is 0.652. The maximum atomic E-state index is 12.8. The molecule has 1 aromatic heterocycles. The van der Waals surface area contributed by atoms with Gasteiger partial charge in [0, 0.05) is 38.9 Å². The number of imide groups is 1. The first-order valence-electron chi connectivity index (χ1n) is 6.98. The van der Waals surface area contributed by atoms with Crippen LogP contribution in [-0.4, -0.2) is 26.7 Å². The van der Waals surface area contributed by atoms with E-state index in [9.17, 15) is 9.59 Å². The molecule has 2 aromatic carbocycles. The summed E-state index contributed by atoms with van der Waals surface area (Å²) in [6, 6.07) is 9.05. The van der Waals surface area contributed by atoms with Crippen LogP contribution >= 0.6 is 15.9 Å². The van der Waals surface area contributed by atoms with Crippen LogP contribution in [0.1, 0.15) is 26.3 Å². The van der Waals surface area contributed by atoms with Gasteiger partial charge in [0.15, 0.2) is 0 Å². The molecule has 6 heteroatoms. The smallest absolute Gasteiger partial charge is 0.261 e. The summed E-state index contributed by atoms with van der Waals surface area (Å²) in [5.41, 5.74) is 1.78. The molecule has 23 heavy (non-hydrogen) atoms. The molecule has 0 bridgehead atoms. The van der Waals surface area contributed by atoms with E-state index in [2.05, 4.69) is 25.9 Å². The van der Waals surface area contributed by atoms with Crippen LogP contribution in [0.4, 0.5) is 0 Å². The van der Waals surface area contributed by atoms with Crippen molar-refractivity contribution in [3.05, 3.63) is 70.2 Å². The van der Waals surface area contributed by atoms with E-state index < -0.39 is 0 Å². The zero-order valence-corrected chi connectivity index (χ0v) is 13.4. The normalized spacial score (nSPS) is 13.7. The lowest BCUT2D eigenvalue weighted by Gasteiger charge is -2.27. The van der Waals surface area contributed by atoms with Gasteiger partial charge in [0.1, 0.15) is 6.33 Å². The van der Waals surface area contributed by atoms with Crippen LogP contribution in [-0.2, 0) is 6.54 Å². The number of rotatable bonds is 2. The van der Waals surface area contributed by atoms with Gasteiger partial charge in [0.2, 0.25) is 0 Å². The summed E-state index contributed by atoms with van der Waals surface area (Å²) in [5.74, 6) is -0.592. The minimum atomic E-state index is -0.296. The Balaban J connectivity index is 1.87. The second-order valence-electron chi connectivity index (χ2n) is 5.27. The lowest BCUT2D eigenvalue weighted by molar-refractivity contribution is 0.0598. The van der Waals surface area contributed by atoms with Crippen molar-refractivity contribution in [3.8, 4) is 0 Å². The van der Waals surface area contributed by atoms with E-state index in [1.54, 1.807) is 24.5 Å². The molecule has 2 heterocycles. The molecule has 0 N–H and O–H groups in total.